The van der Waals surface area contributed by atoms with E-state index in [9.17, 15) is 9.59 Å². The van der Waals surface area contributed by atoms with Crippen molar-refractivity contribution in [1.29, 1.82) is 0 Å². The molecule has 23 heavy (non-hydrogen) atoms. The van der Waals surface area contributed by atoms with Crippen molar-refractivity contribution >= 4 is 17.1 Å². The average Bonchev–Trinajstić information content (AvgIpc) is 2.53. The zero-order valence-electron chi connectivity index (χ0n) is 13.2. The lowest BCUT2D eigenvalue weighted by atomic mass is 9.87. The third-order valence-corrected chi connectivity index (χ3v) is 3.79. The number of hydrogen-bond donors (Lipinski definition) is 0. The predicted octanol–water partition coefficient (Wildman–Crippen LogP) is 3.78. The number of benzene rings is 2. The fourth-order valence-electron chi connectivity index (χ4n) is 2.82. The Hall–Kier alpha value is -2.88. The maximum atomic E-state index is 12.1. The van der Waals surface area contributed by atoms with Crippen LogP contribution in [-0.4, -0.2) is 18.7 Å². The molecule has 4 nitrogen and oxygen atoms in total. The minimum Gasteiger partial charge on any atom is -0.497 e. The number of Topliss-reactive ketones (excluding diaryl/α,β-unsaturated/α-hetero) is 2. The Bertz CT molecular complexity index is 830. The van der Waals surface area contributed by atoms with Crippen LogP contribution in [0, 0.1) is 0 Å². The summed E-state index contributed by atoms with van der Waals surface area (Å²) in [4.78, 5) is 24.2. The van der Waals surface area contributed by atoms with Crippen molar-refractivity contribution in [2.24, 2.45) is 0 Å². The molecule has 0 bridgehead atoms. The first-order valence-electron chi connectivity index (χ1n) is 7.24. The molecule has 3 rings (SSSR count). The predicted molar refractivity (Wildman–Crippen MR) is 86.9 cm³/mol. The van der Waals surface area contributed by atoms with E-state index in [-0.39, 0.29) is 17.1 Å². The second-order valence-corrected chi connectivity index (χ2v) is 5.32. The fourth-order valence-corrected chi connectivity index (χ4v) is 2.82. The van der Waals surface area contributed by atoms with Crippen molar-refractivity contribution in [2.45, 2.75) is 13.8 Å². The van der Waals surface area contributed by atoms with Crippen molar-refractivity contribution in [3.8, 4) is 17.2 Å². The monoisotopic (exact) mass is 308 g/mol. The van der Waals surface area contributed by atoms with Gasteiger partial charge in [-0.1, -0.05) is 18.2 Å². The van der Waals surface area contributed by atoms with Gasteiger partial charge in [0.25, 0.3) is 0 Å². The number of methoxy groups -OCH3 is 1. The number of allylic oxidation sites excluding steroid dienone is 1. The molecule has 0 amide bonds. The van der Waals surface area contributed by atoms with Crippen LogP contribution < -0.4 is 9.47 Å². The number of rotatable bonds is 3. The summed E-state index contributed by atoms with van der Waals surface area (Å²) in [7, 11) is 1.58. The molecular formula is C19H16O4. The van der Waals surface area contributed by atoms with Gasteiger partial charge in [-0.05, 0) is 32.0 Å². The number of carbonyl (C=O) groups excluding carboxylic acids is 2. The van der Waals surface area contributed by atoms with Gasteiger partial charge in [0.05, 0.1) is 12.7 Å². The maximum absolute atomic E-state index is 12.1. The van der Waals surface area contributed by atoms with E-state index in [4.69, 9.17) is 9.47 Å². The lowest BCUT2D eigenvalue weighted by Crippen LogP contribution is -2.13. The van der Waals surface area contributed by atoms with Gasteiger partial charge in [0.2, 0.25) is 0 Å². The molecule has 116 valence electrons. The highest BCUT2D eigenvalue weighted by Crippen LogP contribution is 2.46. The fraction of sp³-hybridized carbons (Fsp3) is 0.158. The highest BCUT2D eigenvalue weighted by atomic mass is 16.5. The van der Waals surface area contributed by atoms with Crippen molar-refractivity contribution in [1.82, 2.24) is 0 Å². The van der Waals surface area contributed by atoms with Crippen LogP contribution in [-0.2, 0) is 9.59 Å². The molecule has 1 aliphatic heterocycles. The number of hydrogen-bond acceptors (Lipinski definition) is 4. The first-order valence-corrected chi connectivity index (χ1v) is 7.24. The molecule has 0 radical (unpaired) electrons. The minimum absolute atomic E-state index is 0.187. The molecular weight excluding hydrogens is 292 g/mol. The summed E-state index contributed by atoms with van der Waals surface area (Å²) in [6.07, 6.45) is 0. The van der Waals surface area contributed by atoms with Crippen LogP contribution in [0.3, 0.4) is 0 Å². The topological polar surface area (TPSA) is 52.6 Å². The Morgan fingerprint density at radius 1 is 0.913 bits per heavy atom. The van der Waals surface area contributed by atoms with E-state index in [1.54, 1.807) is 19.2 Å². The molecule has 1 heterocycles. The van der Waals surface area contributed by atoms with Crippen molar-refractivity contribution < 1.29 is 19.1 Å². The maximum Gasteiger partial charge on any atom is 0.164 e. The lowest BCUT2D eigenvalue weighted by Gasteiger charge is -2.24. The van der Waals surface area contributed by atoms with Crippen molar-refractivity contribution in [3.63, 3.8) is 0 Å². The van der Waals surface area contributed by atoms with Crippen LogP contribution >= 0.6 is 0 Å². The average molecular weight is 308 g/mol. The molecule has 0 saturated carbocycles. The van der Waals surface area contributed by atoms with Gasteiger partial charge in [0.15, 0.2) is 11.6 Å². The first kappa shape index (κ1) is 15.0. The van der Waals surface area contributed by atoms with Crippen LogP contribution in [0.4, 0.5) is 0 Å². The number of carbonyl (C=O) groups is 2. The molecule has 0 N–H and O–H groups in total. The number of ether oxygens (including phenoxy) is 2. The largest absolute Gasteiger partial charge is 0.497 e. The molecule has 0 saturated heterocycles. The van der Waals surface area contributed by atoms with E-state index in [0.717, 1.165) is 5.56 Å². The summed E-state index contributed by atoms with van der Waals surface area (Å²) < 4.78 is 11.2. The highest BCUT2D eigenvalue weighted by molar-refractivity contribution is 6.26. The number of fused-ring (bicyclic) bond motifs is 2. The van der Waals surface area contributed by atoms with Gasteiger partial charge in [-0.15, -0.1) is 0 Å². The second-order valence-electron chi connectivity index (χ2n) is 5.32. The van der Waals surface area contributed by atoms with Crippen LogP contribution in [0.5, 0.6) is 17.2 Å². The zero-order chi connectivity index (χ0) is 16.6. The van der Waals surface area contributed by atoms with Gasteiger partial charge in [-0.2, -0.15) is 0 Å². The van der Waals surface area contributed by atoms with E-state index in [0.29, 0.717) is 28.4 Å². The van der Waals surface area contributed by atoms with Gasteiger partial charge in [0.1, 0.15) is 17.2 Å². The van der Waals surface area contributed by atoms with E-state index < -0.39 is 0 Å². The normalized spacial score (nSPS) is 11.9. The van der Waals surface area contributed by atoms with Crippen LogP contribution in [0.2, 0.25) is 0 Å². The second kappa shape index (κ2) is 5.72. The molecule has 0 aromatic heterocycles. The molecule has 1 aliphatic rings. The molecule has 0 fully saturated rings. The highest BCUT2D eigenvalue weighted by Gasteiger charge is 2.28. The molecule has 0 spiro atoms. The first-order chi connectivity index (χ1) is 11.0. The zero-order valence-corrected chi connectivity index (χ0v) is 13.2. The summed E-state index contributed by atoms with van der Waals surface area (Å²) in [5.74, 6) is 1.31. The van der Waals surface area contributed by atoms with Crippen LogP contribution in [0.1, 0.15) is 25.0 Å². The Morgan fingerprint density at radius 2 is 1.57 bits per heavy atom. The quantitative estimate of drug-likeness (QED) is 0.420. The lowest BCUT2D eigenvalue weighted by molar-refractivity contribution is -0.119. The van der Waals surface area contributed by atoms with E-state index >= 15 is 0 Å². The van der Waals surface area contributed by atoms with E-state index in [1.807, 2.05) is 30.3 Å². The Kier molecular flexibility index (Phi) is 3.74. The Balaban J connectivity index is 2.38. The van der Waals surface area contributed by atoms with E-state index in [2.05, 4.69) is 0 Å². The van der Waals surface area contributed by atoms with Crippen molar-refractivity contribution in [2.75, 3.05) is 7.11 Å². The van der Waals surface area contributed by atoms with Gasteiger partial charge in [-0.3, -0.25) is 9.59 Å². The summed E-state index contributed by atoms with van der Waals surface area (Å²) in [5, 5.41) is 0. The number of para-hydroxylation sites is 1. The Labute approximate surface area is 134 Å². The Morgan fingerprint density at radius 3 is 2.22 bits per heavy atom. The standard InChI is InChI=1S/C19H16O4/c1-11(20)18(12(2)21)19-14-6-4-5-7-16(14)23-17-10-13(22-3)8-9-15(17)19/h4-10H,1-3H3. The van der Waals surface area contributed by atoms with Gasteiger partial charge < -0.3 is 9.47 Å². The van der Waals surface area contributed by atoms with Crippen molar-refractivity contribution in [3.05, 3.63) is 59.2 Å². The molecule has 2 aromatic carbocycles. The summed E-state index contributed by atoms with van der Waals surface area (Å²) in [6, 6.07) is 12.7. The number of ketones is 2. The van der Waals surface area contributed by atoms with Gasteiger partial charge in [0, 0.05) is 22.8 Å². The SMILES string of the molecule is COc1ccc2c(c1)Oc1ccccc1C2=C(C(C)=O)C(C)=O. The summed E-state index contributed by atoms with van der Waals surface area (Å²) in [6.45, 7) is 2.82. The molecule has 0 unspecified atom stereocenters. The molecule has 4 heteroatoms. The van der Waals surface area contributed by atoms with Crippen LogP contribution in [0.15, 0.2) is 48.0 Å². The van der Waals surface area contributed by atoms with Gasteiger partial charge in [-0.25, -0.2) is 0 Å². The third kappa shape index (κ3) is 2.52. The molecule has 2 aromatic rings. The minimum atomic E-state index is -0.258. The molecule has 0 aliphatic carbocycles. The summed E-state index contributed by atoms with van der Waals surface area (Å²) >= 11 is 0. The third-order valence-electron chi connectivity index (χ3n) is 3.79. The van der Waals surface area contributed by atoms with Crippen LogP contribution in [0.25, 0.3) is 5.57 Å². The molecule has 0 atom stereocenters. The summed E-state index contributed by atoms with van der Waals surface area (Å²) in [5.41, 5.74) is 2.26. The van der Waals surface area contributed by atoms with Gasteiger partial charge >= 0.3 is 0 Å². The van der Waals surface area contributed by atoms with E-state index in [1.165, 1.54) is 13.8 Å². The smallest absolute Gasteiger partial charge is 0.164 e.